The van der Waals surface area contributed by atoms with Gasteiger partial charge < -0.3 is 9.64 Å². The van der Waals surface area contributed by atoms with Crippen molar-refractivity contribution >= 4 is 17.5 Å². The van der Waals surface area contributed by atoms with Gasteiger partial charge in [0.2, 0.25) is 5.91 Å². The molecule has 1 heterocycles. The second-order valence-electron chi connectivity index (χ2n) is 6.26. The van der Waals surface area contributed by atoms with E-state index in [1.807, 2.05) is 19.1 Å². The van der Waals surface area contributed by atoms with Crippen molar-refractivity contribution in [3.05, 3.63) is 71.6 Å². The smallest absolute Gasteiger partial charge is 0.259 e. The van der Waals surface area contributed by atoms with Crippen molar-refractivity contribution in [1.29, 1.82) is 0 Å². The molecule has 0 bridgehead atoms. The Hall–Kier alpha value is -3.15. The monoisotopic (exact) mass is 368 g/mol. The second-order valence-corrected chi connectivity index (χ2v) is 6.26. The predicted molar refractivity (Wildman–Crippen MR) is 101 cm³/mol. The Balaban J connectivity index is 1.72. The number of ether oxygens (including phenoxy) is 1. The minimum atomic E-state index is -0.475. The molecular weight excluding hydrogens is 347 g/mol. The predicted octanol–water partition coefficient (Wildman–Crippen LogP) is 3.31. The van der Waals surface area contributed by atoms with E-state index in [1.165, 1.54) is 24.1 Å². The molecule has 0 saturated carbocycles. The summed E-state index contributed by atoms with van der Waals surface area (Å²) in [5.74, 6) is -0.770. The Labute approximate surface area is 157 Å². The van der Waals surface area contributed by atoms with Gasteiger partial charge in [-0.1, -0.05) is 30.8 Å². The van der Waals surface area contributed by atoms with Crippen molar-refractivity contribution in [2.24, 2.45) is 0 Å². The van der Waals surface area contributed by atoms with Gasteiger partial charge in [0.25, 0.3) is 5.91 Å². The first-order chi connectivity index (χ1) is 13.0. The second kappa shape index (κ2) is 7.61. The summed E-state index contributed by atoms with van der Waals surface area (Å²) in [5, 5.41) is 0. The van der Waals surface area contributed by atoms with Gasteiger partial charge in [-0.25, -0.2) is 4.39 Å². The standard InChI is InChI=1S/C21H21FN2O3/c1-4-23(12-15-9-10-19(27-3)18(22)11-15)20(25)13-24-14(2)16-7-5-6-8-17(16)21(24)26/h5-11H,2,4,12-13H2,1,3H3. The number of hydrogen-bond donors (Lipinski definition) is 0. The molecule has 0 spiro atoms. The molecule has 0 atom stereocenters. The molecule has 0 radical (unpaired) electrons. The Morgan fingerprint density at radius 3 is 2.52 bits per heavy atom. The Morgan fingerprint density at radius 2 is 1.93 bits per heavy atom. The van der Waals surface area contributed by atoms with Crippen LogP contribution in [-0.4, -0.2) is 41.8 Å². The lowest BCUT2D eigenvalue weighted by Crippen LogP contribution is -2.39. The van der Waals surface area contributed by atoms with E-state index < -0.39 is 5.82 Å². The number of halogens is 1. The summed E-state index contributed by atoms with van der Waals surface area (Å²) in [6.07, 6.45) is 0. The summed E-state index contributed by atoms with van der Waals surface area (Å²) in [6, 6.07) is 11.8. The van der Waals surface area contributed by atoms with E-state index in [9.17, 15) is 14.0 Å². The first-order valence-corrected chi connectivity index (χ1v) is 8.66. The van der Waals surface area contributed by atoms with E-state index in [-0.39, 0.29) is 30.7 Å². The summed E-state index contributed by atoms with van der Waals surface area (Å²) in [6.45, 7) is 6.38. The van der Waals surface area contributed by atoms with Crippen LogP contribution < -0.4 is 4.74 Å². The maximum absolute atomic E-state index is 13.9. The van der Waals surface area contributed by atoms with Crippen molar-refractivity contribution in [3.63, 3.8) is 0 Å². The van der Waals surface area contributed by atoms with Gasteiger partial charge in [0.05, 0.1) is 7.11 Å². The summed E-state index contributed by atoms with van der Waals surface area (Å²) >= 11 is 0. The molecule has 0 unspecified atom stereocenters. The zero-order valence-corrected chi connectivity index (χ0v) is 15.4. The van der Waals surface area contributed by atoms with Crippen LogP contribution in [0.15, 0.2) is 49.0 Å². The molecule has 0 aliphatic carbocycles. The highest BCUT2D eigenvalue weighted by molar-refractivity contribution is 6.10. The topological polar surface area (TPSA) is 49.9 Å². The number of nitrogens with zero attached hydrogens (tertiary/aromatic N) is 2. The van der Waals surface area contributed by atoms with Crippen LogP contribution in [0.25, 0.3) is 5.70 Å². The number of likely N-dealkylation sites (N-methyl/N-ethyl adjacent to an activating group) is 1. The fourth-order valence-corrected chi connectivity index (χ4v) is 3.14. The molecule has 0 fully saturated rings. The van der Waals surface area contributed by atoms with Gasteiger partial charge in [-0.3, -0.25) is 14.5 Å². The van der Waals surface area contributed by atoms with Crippen molar-refractivity contribution in [3.8, 4) is 5.75 Å². The highest BCUT2D eigenvalue weighted by Gasteiger charge is 2.32. The third kappa shape index (κ3) is 3.56. The van der Waals surface area contributed by atoms with Crippen molar-refractivity contribution in [2.45, 2.75) is 13.5 Å². The molecule has 27 heavy (non-hydrogen) atoms. The lowest BCUT2D eigenvalue weighted by molar-refractivity contribution is -0.131. The first kappa shape index (κ1) is 18.6. The van der Waals surface area contributed by atoms with Crippen LogP contribution in [0.2, 0.25) is 0 Å². The van der Waals surface area contributed by atoms with Crippen LogP contribution in [0.3, 0.4) is 0 Å². The van der Waals surface area contributed by atoms with Gasteiger partial charge in [0, 0.05) is 29.9 Å². The lowest BCUT2D eigenvalue weighted by atomic mass is 10.1. The Kier molecular flexibility index (Phi) is 5.26. The number of amides is 2. The molecule has 1 aliphatic heterocycles. The zero-order valence-electron chi connectivity index (χ0n) is 15.4. The zero-order chi connectivity index (χ0) is 19.6. The highest BCUT2D eigenvalue weighted by atomic mass is 19.1. The van der Waals surface area contributed by atoms with Gasteiger partial charge in [-0.05, 0) is 30.7 Å². The van der Waals surface area contributed by atoms with Crippen LogP contribution >= 0.6 is 0 Å². The maximum atomic E-state index is 13.9. The van der Waals surface area contributed by atoms with E-state index >= 15 is 0 Å². The largest absolute Gasteiger partial charge is 0.494 e. The number of carbonyl (C=O) groups is 2. The normalized spacial score (nSPS) is 12.9. The summed E-state index contributed by atoms with van der Waals surface area (Å²) in [7, 11) is 1.40. The summed E-state index contributed by atoms with van der Waals surface area (Å²) in [5.41, 5.74) is 2.47. The van der Waals surface area contributed by atoms with Crippen molar-refractivity contribution in [2.75, 3.05) is 20.2 Å². The number of methoxy groups -OCH3 is 1. The third-order valence-electron chi connectivity index (χ3n) is 4.66. The molecule has 2 amide bonds. The van der Waals surface area contributed by atoms with Gasteiger partial charge in [-0.2, -0.15) is 0 Å². The SMILES string of the molecule is C=C1c2ccccc2C(=O)N1CC(=O)N(CC)Cc1ccc(OC)c(F)c1. The summed E-state index contributed by atoms with van der Waals surface area (Å²) in [4.78, 5) is 28.3. The van der Waals surface area contributed by atoms with Crippen LogP contribution in [0, 0.1) is 5.82 Å². The van der Waals surface area contributed by atoms with Crippen LogP contribution in [-0.2, 0) is 11.3 Å². The third-order valence-corrected chi connectivity index (χ3v) is 4.66. The Bertz CT molecular complexity index is 875. The molecule has 5 nitrogen and oxygen atoms in total. The number of benzene rings is 2. The van der Waals surface area contributed by atoms with Crippen molar-refractivity contribution < 1.29 is 18.7 Å². The average Bonchev–Trinajstić information content (AvgIpc) is 2.91. The molecule has 2 aromatic rings. The van der Waals surface area contributed by atoms with Gasteiger partial charge in [0.1, 0.15) is 6.54 Å². The number of rotatable bonds is 6. The molecular formula is C21H21FN2O3. The van der Waals surface area contributed by atoms with Gasteiger partial charge in [0.15, 0.2) is 11.6 Å². The van der Waals surface area contributed by atoms with E-state index in [4.69, 9.17) is 4.74 Å². The molecule has 0 N–H and O–H groups in total. The van der Waals surface area contributed by atoms with E-state index in [0.717, 1.165) is 5.56 Å². The number of hydrogen-bond acceptors (Lipinski definition) is 3. The Morgan fingerprint density at radius 1 is 1.22 bits per heavy atom. The maximum Gasteiger partial charge on any atom is 0.259 e. The van der Waals surface area contributed by atoms with Crippen LogP contribution in [0.4, 0.5) is 4.39 Å². The number of carbonyl (C=O) groups excluding carboxylic acids is 2. The fourth-order valence-electron chi connectivity index (χ4n) is 3.14. The molecule has 0 aromatic heterocycles. The number of fused-ring (bicyclic) bond motifs is 1. The quantitative estimate of drug-likeness (QED) is 0.786. The van der Waals surface area contributed by atoms with Gasteiger partial charge >= 0.3 is 0 Å². The minimum Gasteiger partial charge on any atom is -0.494 e. The molecule has 2 aromatic carbocycles. The van der Waals surface area contributed by atoms with Crippen LogP contribution in [0.1, 0.15) is 28.4 Å². The minimum absolute atomic E-state index is 0.0984. The fraction of sp³-hybridized carbons (Fsp3) is 0.238. The lowest BCUT2D eigenvalue weighted by Gasteiger charge is -2.25. The highest BCUT2D eigenvalue weighted by Crippen LogP contribution is 2.31. The molecule has 1 aliphatic rings. The molecule has 6 heteroatoms. The first-order valence-electron chi connectivity index (χ1n) is 8.66. The molecule has 0 saturated heterocycles. The summed E-state index contributed by atoms with van der Waals surface area (Å²) < 4.78 is 18.8. The van der Waals surface area contributed by atoms with Crippen LogP contribution in [0.5, 0.6) is 5.75 Å². The van der Waals surface area contributed by atoms with E-state index in [1.54, 1.807) is 23.1 Å². The van der Waals surface area contributed by atoms with Gasteiger partial charge in [-0.15, -0.1) is 0 Å². The van der Waals surface area contributed by atoms with Crippen molar-refractivity contribution in [1.82, 2.24) is 9.80 Å². The van der Waals surface area contributed by atoms with E-state index in [0.29, 0.717) is 23.4 Å². The molecule has 140 valence electrons. The molecule has 3 rings (SSSR count). The average molecular weight is 368 g/mol. The van der Waals surface area contributed by atoms with E-state index in [2.05, 4.69) is 6.58 Å².